The molecule has 0 bridgehead atoms. The van der Waals surface area contributed by atoms with Gasteiger partial charge in [0.1, 0.15) is 0 Å². The highest BCUT2D eigenvalue weighted by molar-refractivity contribution is 6.37. The molecule has 0 aliphatic carbocycles. The third-order valence-electron chi connectivity index (χ3n) is 6.33. The number of methoxy groups -OCH3 is 2. The van der Waals surface area contributed by atoms with E-state index in [4.69, 9.17) is 9.47 Å². The van der Waals surface area contributed by atoms with Crippen molar-refractivity contribution in [3.8, 4) is 11.5 Å². The number of carbonyl (C=O) groups is 1. The van der Waals surface area contributed by atoms with Crippen LogP contribution in [0.5, 0.6) is 11.5 Å². The second-order valence-corrected chi connectivity index (χ2v) is 8.80. The van der Waals surface area contributed by atoms with E-state index in [1.54, 1.807) is 20.3 Å². The largest absolute Gasteiger partial charge is 0.493 e. The Morgan fingerprint density at radius 1 is 0.971 bits per heavy atom. The molecule has 6 heteroatoms. The standard InChI is InChI=1S/C29H33N3O3/c1-6-32(19(2)3)18-20-12-14-22(15-13-20)30-28(21-10-8-7-9-11-21)27-23-16-25(34-4)26(35-5)17-24(23)31-29(27)33/h7-17,19,30H,6,18H2,1-5H3,(H,31,33). The molecule has 6 nitrogen and oxygen atoms in total. The number of amides is 1. The van der Waals surface area contributed by atoms with E-state index in [0.29, 0.717) is 28.8 Å². The molecular formula is C29H33N3O3. The van der Waals surface area contributed by atoms with Crippen molar-refractivity contribution in [2.75, 3.05) is 31.4 Å². The van der Waals surface area contributed by atoms with Gasteiger partial charge in [0.15, 0.2) is 11.5 Å². The Labute approximate surface area is 207 Å². The first-order valence-corrected chi connectivity index (χ1v) is 11.9. The molecule has 0 spiro atoms. The third kappa shape index (κ3) is 5.17. The van der Waals surface area contributed by atoms with Gasteiger partial charge in [-0.15, -0.1) is 0 Å². The number of nitrogens with zero attached hydrogens (tertiary/aromatic N) is 1. The summed E-state index contributed by atoms with van der Waals surface area (Å²) in [6.07, 6.45) is 0. The highest BCUT2D eigenvalue weighted by Crippen LogP contribution is 2.43. The number of fused-ring (bicyclic) bond motifs is 1. The van der Waals surface area contributed by atoms with E-state index < -0.39 is 0 Å². The molecular weight excluding hydrogens is 438 g/mol. The van der Waals surface area contributed by atoms with Gasteiger partial charge in [-0.3, -0.25) is 9.69 Å². The van der Waals surface area contributed by atoms with Crippen molar-refractivity contribution in [1.29, 1.82) is 0 Å². The molecule has 0 aromatic heterocycles. The number of benzene rings is 3. The van der Waals surface area contributed by atoms with E-state index in [9.17, 15) is 4.79 Å². The van der Waals surface area contributed by atoms with Crippen LogP contribution in [0.2, 0.25) is 0 Å². The van der Waals surface area contributed by atoms with Crippen molar-refractivity contribution >= 4 is 28.6 Å². The molecule has 1 aliphatic heterocycles. The fourth-order valence-electron chi connectivity index (χ4n) is 4.36. The first kappa shape index (κ1) is 24.4. The van der Waals surface area contributed by atoms with E-state index in [0.717, 1.165) is 35.6 Å². The maximum atomic E-state index is 13.2. The molecule has 35 heavy (non-hydrogen) atoms. The number of hydrogen-bond donors (Lipinski definition) is 2. The summed E-state index contributed by atoms with van der Waals surface area (Å²) < 4.78 is 10.9. The van der Waals surface area contributed by atoms with Crippen molar-refractivity contribution in [2.24, 2.45) is 0 Å². The third-order valence-corrected chi connectivity index (χ3v) is 6.33. The summed E-state index contributed by atoms with van der Waals surface area (Å²) in [5.41, 5.74) is 5.84. The summed E-state index contributed by atoms with van der Waals surface area (Å²) in [6.45, 7) is 8.52. The maximum absolute atomic E-state index is 13.2. The van der Waals surface area contributed by atoms with Crippen LogP contribution >= 0.6 is 0 Å². The van der Waals surface area contributed by atoms with Gasteiger partial charge in [-0.2, -0.15) is 0 Å². The summed E-state index contributed by atoms with van der Waals surface area (Å²) in [4.78, 5) is 15.6. The van der Waals surface area contributed by atoms with Gasteiger partial charge in [-0.1, -0.05) is 49.4 Å². The van der Waals surface area contributed by atoms with Crippen LogP contribution in [0.4, 0.5) is 11.4 Å². The van der Waals surface area contributed by atoms with Gasteiger partial charge >= 0.3 is 0 Å². The molecule has 2 N–H and O–H groups in total. The lowest BCUT2D eigenvalue weighted by Gasteiger charge is -2.24. The van der Waals surface area contributed by atoms with Gasteiger partial charge in [-0.25, -0.2) is 0 Å². The van der Waals surface area contributed by atoms with Crippen LogP contribution < -0.4 is 20.1 Å². The van der Waals surface area contributed by atoms with Gasteiger partial charge in [0, 0.05) is 29.9 Å². The average Bonchev–Trinajstić information content (AvgIpc) is 3.20. The summed E-state index contributed by atoms with van der Waals surface area (Å²) in [5.74, 6) is 0.969. The molecule has 0 unspecified atom stereocenters. The monoisotopic (exact) mass is 471 g/mol. The van der Waals surface area contributed by atoms with Crippen LogP contribution in [0.1, 0.15) is 37.5 Å². The predicted octanol–water partition coefficient (Wildman–Crippen LogP) is 5.87. The van der Waals surface area contributed by atoms with Crippen LogP contribution in [0.15, 0.2) is 66.7 Å². The molecule has 182 valence electrons. The van der Waals surface area contributed by atoms with Crippen LogP contribution in [0.25, 0.3) is 11.3 Å². The normalized spacial score (nSPS) is 14.1. The first-order chi connectivity index (χ1) is 16.9. The van der Waals surface area contributed by atoms with Gasteiger partial charge in [0.05, 0.1) is 31.2 Å². The molecule has 0 saturated heterocycles. The fraction of sp³-hybridized carbons (Fsp3) is 0.276. The summed E-state index contributed by atoms with van der Waals surface area (Å²) in [6, 6.07) is 22.4. The smallest absolute Gasteiger partial charge is 0.258 e. The van der Waals surface area contributed by atoms with Crippen LogP contribution in [-0.4, -0.2) is 37.6 Å². The van der Waals surface area contributed by atoms with Crippen molar-refractivity contribution in [3.63, 3.8) is 0 Å². The maximum Gasteiger partial charge on any atom is 0.258 e. The quantitative estimate of drug-likeness (QED) is 0.382. The highest BCUT2D eigenvalue weighted by Gasteiger charge is 2.30. The fourth-order valence-corrected chi connectivity index (χ4v) is 4.36. The second-order valence-electron chi connectivity index (χ2n) is 8.80. The van der Waals surface area contributed by atoms with E-state index in [1.165, 1.54) is 5.56 Å². The Morgan fingerprint density at radius 3 is 2.23 bits per heavy atom. The minimum Gasteiger partial charge on any atom is -0.493 e. The lowest BCUT2D eigenvalue weighted by atomic mass is 9.99. The second kappa shape index (κ2) is 10.7. The van der Waals surface area contributed by atoms with Crippen molar-refractivity contribution in [3.05, 3.63) is 83.4 Å². The lowest BCUT2D eigenvalue weighted by molar-refractivity contribution is -0.110. The topological polar surface area (TPSA) is 62.8 Å². The SMILES string of the molecule is CCN(Cc1ccc(NC(=C2C(=O)Nc3cc(OC)c(OC)cc32)c2ccccc2)cc1)C(C)C. The highest BCUT2D eigenvalue weighted by atomic mass is 16.5. The molecule has 0 atom stereocenters. The van der Waals surface area contributed by atoms with E-state index in [-0.39, 0.29) is 5.91 Å². The molecule has 3 aromatic rings. The van der Waals surface area contributed by atoms with Gasteiger partial charge in [0.25, 0.3) is 5.91 Å². The number of nitrogens with one attached hydrogen (secondary N) is 2. The average molecular weight is 472 g/mol. The number of anilines is 2. The van der Waals surface area contributed by atoms with Crippen molar-refractivity contribution < 1.29 is 14.3 Å². The summed E-state index contributed by atoms with van der Waals surface area (Å²) in [5, 5.41) is 6.50. The van der Waals surface area contributed by atoms with E-state index in [1.807, 2.05) is 36.4 Å². The van der Waals surface area contributed by atoms with Crippen LogP contribution in [0, 0.1) is 0 Å². The zero-order valence-electron chi connectivity index (χ0n) is 21.0. The zero-order valence-corrected chi connectivity index (χ0v) is 21.0. The van der Waals surface area contributed by atoms with Gasteiger partial charge in [0.2, 0.25) is 0 Å². The summed E-state index contributed by atoms with van der Waals surface area (Å²) >= 11 is 0. The van der Waals surface area contributed by atoms with Crippen LogP contribution in [0.3, 0.4) is 0 Å². The lowest BCUT2D eigenvalue weighted by Crippen LogP contribution is -2.29. The Balaban J connectivity index is 1.75. The number of carbonyl (C=O) groups excluding carboxylic acids is 1. The number of hydrogen-bond acceptors (Lipinski definition) is 5. The van der Waals surface area contributed by atoms with Crippen LogP contribution in [-0.2, 0) is 11.3 Å². The van der Waals surface area contributed by atoms with E-state index >= 15 is 0 Å². The molecule has 1 heterocycles. The number of ether oxygens (including phenoxy) is 2. The minimum absolute atomic E-state index is 0.172. The Kier molecular flexibility index (Phi) is 7.42. The zero-order chi connectivity index (χ0) is 24.9. The molecule has 0 saturated carbocycles. The Bertz CT molecular complexity index is 1220. The Morgan fingerprint density at radius 2 is 1.63 bits per heavy atom. The van der Waals surface area contributed by atoms with Gasteiger partial charge < -0.3 is 20.1 Å². The minimum atomic E-state index is -0.172. The molecule has 1 aliphatic rings. The van der Waals surface area contributed by atoms with Crippen molar-refractivity contribution in [2.45, 2.75) is 33.4 Å². The van der Waals surface area contributed by atoms with Crippen molar-refractivity contribution in [1.82, 2.24) is 4.90 Å². The molecule has 0 fully saturated rings. The molecule has 4 rings (SSSR count). The molecule has 0 radical (unpaired) electrons. The summed E-state index contributed by atoms with van der Waals surface area (Å²) in [7, 11) is 3.17. The number of rotatable bonds is 9. The molecule has 1 amide bonds. The first-order valence-electron chi connectivity index (χ1n) is 11.9. The predicted molar refractivity (Wildman–Crippen MR) is 143 cm³/mol. The van der Waals surface area contributed by atoms with Gasteiger partial charge in [-0.05, 0) is 49.7 Å². The molecule has 3 aromatic carbocycles. The van der Waals surface area contributed by atoms with E-state index in [2.05, 4.69) is 60.6 Å². The Hall–Kier alpha value is -3.77.